The molecule has 3 rings (SSSR count). The number of nitrogens with one attached hydrogen (secondary N) is 2. The van der Waals surface area contributed by atoms with Gasteiger partial charge in [-0.15, -0.1) is 11.3 Å². The van der Waals surface area contributed by atoms with Crippen LogP contribution >= 0.6 is 11.3 Å². The molecule has 2 N–H and O–H groups in total. The number of anilines is 3. The molecule has 0 aliphatic heterocycles. The van der Waals surface area contributed by atoms with Gasteiger partial charge in [0.15, 0.2) is 5.13 Å². The van der Waals surface area contributed by atoms with Crippen LogP contribution in [-0.4, -0.2) is 26.0 Å². The normalized spacial score (nSPS) is 10.2. The molecule has 3 aromatic rings. The van der Waals surface area contributed by atoms with Gasteiger partial charge in [0, 0.05) is 11.1 Å². The maximum Gasteiger partial charge on any atom is 0.420 e. The number of aryl methyl sites for hydroxylation is 2. The molecule has 122 valence electrons. The second kappa shape index (κ2) is 7.01. The monoisotopic (exact) mass is 342 g/mol. The molecule has 0 radical (unpaired) electrons. The fourth-order valence-electron chi connectivity index (χ4n) is 1.84. The molecule has 0 spiro atoms. The molecule has 0 aliphatic carbocycles. The van der Waals surface area contributed by atoms with Gasteiger partial charge >= 0.3 is 6.09 Å². The van der Waals surface area contributed by atoms with Gasteiger partial charge in [-0.25, -0.2) is 24.7 Å². The van der Waals surface area contributed by atoms with Gasteiger partial charge in [-0.05, 0) is 26.0 Å². The zero-order valence-corrected chi connectivity index (χ0v) is 13.8. The summed E-state index contributed by atoms with van der Waals surface area (Å²) in [7, 11) is 0. The molecule has 24 heavy (non-hydrogen) atoms. The van der Waals surface area contributed by atoms with Crippen LogP contribution in [0.2, 0.25) is 0 Å². The summed E-state index contributed by atoms with van der Waals surface area (Å²) < 4.78 is 5.31. The van der Waals surface area contributed by atoms with E-state index in [1.807, 2.05) is 19.2 Å². The minimum atomic E-state index is -0.658. The van der Waals surface area contributed by atoms with Crippen LogP contribution in [0.15, 0.2) is 36.2 Å². The number of amides is 1. The zero-order valence-electron chi connectivity index (χ0n) is 13.0. The largest absolute Gasteiger partial charge is 0.420 e. The number of hydrogen-bond donors (Lipinski definition) is 2. The standard InChI is InChI=1S/C15H14N6O2S/c1-9-3-4-12(20-11-5-16-8-17-6-11)13(18-9)23-15(22)21-14-19-10(2)7-24-14/h3-8,20H,1-2H3,(H,19,21,22). The van der Waals surface area contributed by atoms with Crippen LogP contribution in [0.3, 0.4) is 0 Å². The average Bonchev–Trinajstić information content (AvgIpc) is 2.96. The summed E-state index contributed by atoms with van der Waals surface area (Å²) in [6.45, 7) is 3.66. The molecule has 8 nitrogen and oxygen atoms in total. The van der Waals surface area contributed by atoms with Crippen molar-refractivity contribution in [2.24, 2.45) is 0 Å². The van der Waals surface area contributed by atoms with E-state index in [1.165, 1.54) is 17.7 Å². The molecule has 3 aromatic heterocycles. The minimum Gasteiger partial charge on any atom is -0.389 e. The predicted molar refractivity (Wildman–Crippen MR) is 90.8 cm³/mol. The van der Waals surface area contributed by atoms with E-state index in [4.69, 9.17) is 4.74 Å². The smallest absolute Gasteiger partial charge is 0.389 e. The second-order valence-corrected chi connectivity index (χ2v) is 5.72. The predicted octanol–water partition coefficient (Wildman–Crippen LogP) is 3.30. The van der Waals surface area contributed by atoms with E-state index >= 15 is 0 Å². The first kappa shape index (κ1) is 15.8. The molecule has 0 saturated carbocycles. The van der Waals surface area contributed by atoms with E-state index in [2.05, 4.69) is 30.6 Å². The van der Waals surface area contributed by atoms with Crippen LogP contribution in [0, 0.1) is 13.8 Å². The number of aromatic nitrogens is 4. The van der Waals surface area contributed by atoms with E-state index < -0.39 is 6.09 Å². The lowest BCUT2D eigenvalue weighted by atomic mass is 10.3. The van der Waals surface area contributed by atoms with Crippen LogP contribution in [0.25, 0.3) is 0 Å². The van der Waals surface area contributed by atoms with Crippen molar-refractivity contribution in [2.75, 3.05) is 10.6 Å². The third kappa shape index (κ3) is 4.02. The van der Waals surface area contributed by atoms with E-state index in [0.29, 0.717) is 16.5 Å². The van der Waals surface area contributed by atoms with Gasteiger partial charge in [0.1, 0.15) is 12.0 Å². The Morgan fingerprint density at radius 3 is 2.62 bits per heavy atom. The first-order valence-electron chi connectivity index (χ1n) is 7.01. The van der Waals surface area contributed by atoms with Gasteiger partial charge in [0.25, 0.3) is 0 Å². The number of carbonyl (C=O) groups excluding carboxylic acids is 1. The highest BCUT2D eigenvalue weighted by atomic mass is 32.1. The lowest BCUT2D eigenvalue weighted by Gasteiger charge is -2.11. The van der Waals surface area contributed by atoms with Crippen molar-refractivity contribution in [1.82, 2.24) is 19.9 Å². The molecule has 0 aliphatic rings. The van der Waals surface area contributed by atoms with Gasteiger partial charge in [-0.1, -0.05) is 0 Å². The van der Waals surface area contributed by atoms with E-state index in [1.54, 1.807) is 24.5 Å². The molecule has 0 saturated heterocycles. The fourth-order valence-corrected chi connectivity index (χ4v) is 2.51. The maximum absolute atomic E-state index is 12.0. The van der Waals surface area contributed by atoms with Crippen LogP contribution in [0.5, 0.6) is 5.88 Å². The second-order valence-electron chi connectivity index (χ2n) is 4.87. The number of ether oxygens (including phenoxy) is 1. The average molecular weight is 342 g/mol. The number of thiazole rings is 1. The Labute approximate surface area is 142 Å². The van der Waals surface area contributed by atoms with Gasteiger partial charge in [0.2, 0.25) is 5.88 Å². The first-order valence-corrected chi connectivity index (χ1v) is 7.89. The van der Waals surface area contributed by atoms with Crippen molar-refractivity contribution >= 4 is 33.9 Å². The molecular weight excluding hydrogens is 328 g/mol. The molecule has 0 bridgehead atoms. The fraction of sp³-hybridized carbons (Fsp3) is 0.133. The Bertz CT molecular complexity index is 852. The van der Waals surface area contributed by atoms with Gasteiger partial charge in [-0.3, -0.25) is 5.32 Å². The maximum atomic E-state index is 12.0. The number of carbonyl (C=O) groups is 1. The molecule has 0 atom stereocenters. The molecule has 0 aromatic carbocycles. The van der Waals surface area contributed by atoms with Crippen LogP contribution < -0.4 is 15.4 Å². The third-order valence-corrected chi connectivity index (χ3v) is 3.73. The van der Waals surface area contributed by atoms with Crippen LogP contribution in [-0.2, 0) is 0 Å². The van der Waals surface area contributed by atoms with Crippen molar-refractivity contribution in [1.29, 1.82) is 0 Å². The van der Waals surface area contributed by atoms with Gasteiger partial charge in [-0.2, -0.15) is 0 Å². The highest BCUT2D eigenvalue weighted by Crippen LogP contribution is 2.26. The van der Waals surface area contributed by atoms with E-state index in [9.17, 15) is 4.79 Å². The topological polar surface area (TPSA) is 102 Å². The quantitative estimate of drug-likeness (QED) is 0.750. The molecule has 1 amide bonds. The van der Waals surface area contributed by atoms with Gasteiger partial charge < -0.3 is 10.1 Å². The SMILES string of the molecule is Cc1csc(NC(=O)Oc2nc(C)ccc2Nc2cncnc2)n1. The minimum absolute atomic E-state index is 0.157. The van der Waals surface area contributed by atoms with Crippen molar-refractivity contribution in [2.45, 2.75) is 13.8 Å². The Morgan fingerprint density at radius 1 is 1.12 bits per heavy atom. The highest BCUT2D eigenvalue weighted by molar-refractivity contribution is 7.13. The summed E-state index contributed by atoms with van der Waals surface area (Å²) >= 11 is 1.32. The number of nitrogens with zero attached hydrogens (tertiary/aromatic N) is 4. The van der Waals surface area contributed by atoms with Crippen LogP contribution in [0.1, 0.15) is 11.4 Å². The Kier molecular flexibility index (Phi) is 4.62. The van der Waals surface area contributed by atoms with Crippen molar-refractivity contribution in [3.05, 3.63) is 47.6 Å². The summed E-state index contributed by atoms with van der Waals surface area (Å²) in [5.41, 5.74) is 2.73. The third-order valence-electron chi connectivity index (χ3n) is 2.86. The highest BCUT2D eigenvalue weighted by Gasteiger charge is 2.13. The molecule has 0 unspecified atom stereocenters. The van der Waals surface area contributed by atoms with Crippen molar-refractivity contribution < 1.29 is 9.53 Å². The Morgan fingerprint density at radius 2 is 1.92 bits per heavy atom. The van der Waals surface area contributed by atoms with Gasteiger partial charge in [0.05, 0.1) is 23.8 Å². The number of pyridine rings is 1. The summed E-state index contributed by atoms with van der Waals surface area (Å²) in [6, 6.07) is 3.58. The molecular formula is C15H14N6O2S. The lowest BCUT2D eigenvalue weighted by Crippen LogP contribution is -2.18. The summed E-state index contributed by atoms with van der Waals surface area (Å²) in [5.74, 6) is 0.157. The number of rotatable bonds is 4. The van der Waals surface area contributed by atoms with Crippen molar-refractivity contribution in [3.8, 4) is 5.88 Å². The number of hydrogen-bond acceptors (Lipinski definition) is 8. The zero-order chi connectivity index (χ0) is 16.9. The summed E-state index contributed by atoms with van der Waals surface area (Å²) in [4.78, 5) is 28.3. The first-order chi connectivity index (χ1) is 11.6. The Balaban J connectivity index is 1.76. The lowest BCUT2D eigenvalue weighted by molar-refractivity contribution is 0.213. The van der Waals surface area contributed by atoms with E-state index in [0.717, 1.165) is 11.4 Å². The van der Waals surface area contributed by atoms with Crippen molar-refractivity contribution in [3.63, 3.8) is 0 Å². The molecule has 3 heterocycles. The van der Waals surface area contributed by atoms with E-state index in [-0.39, 0.29) is 5.88 Å². The molecule has 0 fully saturated rings. The summed E-state index contributed by atoms with van der Waals surface area (Å²) in [5, 5.41) is 7.95. The molecule has 9 heteroatoms. The Hall–Kier alpha value is -3.07. The summed E-state index contributed by atoms with van der Waals surface area (Å²) in [6.07, 6.45) is 3.98. The van der Waals surface area contributed by atoms with Crippen LogP contribution in [0.4, 0.5) is 21.3 Å².